The van der Waals surface area contributed by atoms with Crippen LogP contribution < -0.4 is 5.73 Å². The van der Waals surface area contributed by atoms with Gasteiger partial charge in [-0.15, -0.1) is 0 Å². The Bertz CT molecular complexity index is 1050. The summed E-state index contributed by atoms with van der Waals surface area (Å²) in [7, 11) is 0. The van der Waals surface area contributed by atoms with Crippen LogP contribution in [0, 0.1) is 11.3 Å². The molecule has 1 aromatic carbocycles. The molecule has 3 atom stereocenters. The van der Waals surface area contributed by atoms with Crippen LogP contribution in [0.3, 0.4) is 0 Å². The second-order valence-electron chi connectivity index (χ2n) is 11.0. The predicted molar refractivity (Wildman–Crippen MR) is 125 cm³/mol. The van der Waals surface area contributed by atoms with Crippen molar-refractivity contribution in [3.8, 4) is 0 Å². The highest BCUT2D eigenvalue weighted by Crippen LogP contribution is 2.49. The number of carbonyl (C=O) groups is 2. The Morgan fingerprint density at radius 1 is 1.08 bits per heavy atom. The molecule has 0 bridgehead atoms. The molecule has 0 radical (unpaired) electrons. The highest BCUT2D eigenvalue weighted by atomic mass is 19.4. The molecule has 2 aliphatic heterocycles. The summed E-state index contributed by atoms with van der Waals surface area (Å²) >= 11 is 0. The number of nitrogens with zero attached hydrogens (tertiary/aromatic N) is 2. The number of carbonyl (C=O) groups excluding carboxylic acids is 2. The minimum absolute atomic E-state index is 0.0455. The molecular weight excluding hydrogens is 516 g/mol. The van der Waals surface area contributed by atoms with Crippen LogP contribution in [0.4, 0.5) is 26.3 Å². The Balaban J connectivity index is 1.61. The summed E-state index contributed by atoms with van der Waals surface area (Å²) in [5, 5.41) is 0. The summed E-state index contributed by atoms with van der Waals surface area (Å²) in [6.45, 7) is 4.13. The van der Waals surface area contributed by atoms with Crippen molar-refractivity contribution in [2.24, 2.45) is 17.1 Å². The molecule has 2 heterocycles. The first-order chi connectivity index (χ1) is 17.6. The van der Waals surface area contributed by atoms with E-state index >= 15 is 0 Å². The molecule has 1 aliphatic carbocycles. The highest BCUT2D eigenvalue weighted by Gasteiger charge is 2.55. The summed E-state index contributed by atoms with van der Waals surface area (Å²) in [5.41, 5.74) is 5.17. The summed E-state index contributed by atoms with van der Waals surface area (Å²) in [6, 6.07) is 1.18. The van der Waals surface area contributed by atoms with Crippen LogP contribution in [0.5, 0.6) is 0 Å². The summed E-state index contributed by atoms with van der Waals surface area (Å²) in [4.78, 5) is 28.9. The standard InChI is InChI=1S/C26H33F6N3O3/c1-15(2)24(8-5-19(12-24)35(23(37)26(30,31)32)18-6-9-38-10-7-18)22(36)34-13-16-11-17(25(27,28)29)3-4-20(16)21(33)14-34/h3-4,11,15,18-19,21H,5-10,12-14,33H2,1-2H3/t19-,21?,24+/m1/s1. The Morgan fingerprint density at radius 2 is 1.74 bits per heavy atom. The summed E-state index contributed by atoms with van der Waals surface area (Å²) in [6.07, 6.45) is -8.52. The first-order valence-corrected chi connectivity index (χ1v) is 12.9. The van der Waals surface area contributed by atoms with Crippen molar-refractivity contribution >= 4 is 11.8 Å². The maximum Gasteiger partial charge on any atom is 0.471 e. The molecule has 0 aromatic heterocycles. The maximum atomic E-state index is 14.0. The van der Waals surface area contributed by atoms with Crippen LogP contribution in [-0.4, -0.2) is 59.6 Å². The molecule has 2 amide bonds. The van der Waals surface area contributed by atoms with Crippen molar-refractivity contribution in [2.45, 2.75) is 83.0 Å². The van der Waals surface area contributed by atoms with Crippen molar-refractivity contribution in [1.82, 2.24) is 9.80 Å². The van der Waals surface area contributed by atoms with Gasteiger partial charge in [-0.25, -0.2) is 0 Å². The predicted octanol–water partition coefficient (Wildman–Crippen LogP) is 4.81. The van der Waals surface area contributed by atoms with Crippen LogP contribution in [0.2, 0.25) is 0 Å². The molecule has 1 saturated heterocycles. The van der Waals surface area contributed by atoms with Crippen LogP contribution in [0.25, 0.3) is 0 Å². The topological polar surface area (TPSA) is 75.9 Å². The van der Waals surface area contributed by atoms with E-state index in [1.807, 2.05) is 13.8 Å². The van der Waals surface area contributed by atoms with Gasteiger partial charge in [-0.3, -0.25) is 9.59 Å². The first kappa shape index (κ1) is 28.7. The summed E-state index contributed by atoms with van der Waals surface area (Å²) < 4.78 is 86.1. The van der Waals surface area contributed by atoms with E-state index in [9.17, 15) is 35.9 Å². The fourth-order valence-corrected chi connectivity index (χ4v) is 6.35. The van der Waals surface area contributed by atoms with Gasteiger partial charge in [-0.05, 0) is 61.3 Å². The molecular formula is C26H33F6N3O3. The number of rotatable bonds is 4. The third-order valence-corrected chi connectivity index (χ3v) is 8.44. The van der Waals surface area contributed by atoms with Crippen molar-refractivity contribution in [3.63, 3.8) is 0 Å². The zero-order valence-corrected chi connectivity index (χ0v) is 21.4. The van der Waals surface area contributed by atoms with E-state index in [0.717, 1.165) is 17.0 Å². The number of ether oxygens (including phenoxy) is 1. The number of hydrogen-bond donors (Lipinski definition) is 1. The number of hydrogen-bond acceptors (Lipinski definition) is 4. The molecule has 4 rings (SSSR count). The molecule has 12 heteroatoms. The van der Waals surface area contributed by atoms with E-state index in [4.69, 9.17) is 10.5 Å². The monoisotopic (exact) mass is 549 g/mol. The van der Waals surface area contributed by atoms with Gasteiger partial charge in [0.2, 0.25) is 5.91 Å². The van der Waals surface area contributed by atoms with Gasteiger partial charge in [0.05, 0.1) is 11.0 Å². The minimum atomic E-state index is -5.05. The van der Waals surface area contributed by atoms with Crippen molar-refractivity contribution in [1.29, 1.82) is 0 Å². The minimum Gasteiger partial charge on any atom is -0.381 e. The Hall–Kier alpha value is -2.34. The van der Waals surface area contributed by atoms with E-state index in [1.54, 1.807) is 0 Å². The molecule has 2 fully saturated rings. The Kier molecular flexibility index (Phi) is 7.79. The molecule has 38 heavy (non-hydrogen) atoms. The molecule has 0 spiro atoms. The van der Waals surface area contributed by atoms with Gasteiger partial charge in [-0.1, -0.05) is 19.9 Å². The maximum absolute atomic E-state index is 14.0. The average molecular weight is 550 g/mol. The highest BCUT2D eigenvalue weighted by molar-refractivity contribution is 5.85. The van der Waals surface area contributed by atoms with Gasteiger partial charge < -0.3 is 20.3 Å². The lowest BCUT2D eigenvalue weighted by Crippen LogP contribution is -2.54. The van der Waals surface area contributed by atoms with E-state index in [0.29, 0.717) is 11.1 Å². The van der Waals surface area contributed by atoms with Crippen molar-refractivity contribution in [2.75, 3.05) is 19.8 Å². The molecule has 1 saturated carbocycles. The van der Waals surface area contributed by atoms with Gasteiger partial charge in [0.15, 0.2) is 0 Å². The SMILES string of the molecule is CC(C)[C@]1(C(=O)N2Cc3cc(C(F)(F)F)ccc3C(N)C2)CC[C@@H](N(C(=O)C(F)(F)F)C2CCOCC2)C1. The number of nitrogens with two attached hydrogens (primary N) is 1. The fraction of sp³-hybridized carbons (Fsp3) is 0.692. The molecule has 2 N–H and O–H groups in total. The van der Waals surface area contributed by atoms with E-state index in [1.165, 1.54) is 11.0 Å². The van der Waals surface area contributed by atoms with Gasteiger partial charge >= 0.3 is 18.3 Å². The van der Waals surface area contributed by atoms with E-state index in [-0.39, 0.29) is 70.2 Å². The number of fused-ring (bicyclic) bond motifs is 1. The largest absolute Gasteiger partial charge is 0.471 e. The molecule has 1 unspecified atom stereocenters. The summed E-state index contributed by atoms with van der Waals surface area (Å²) in [5.74, 6) is -2.54. The number of amides is 2. The van der Waals surface area contributed by atoms with E-state index < -0.39 is 47.4 Å². The second-order valence-corrected chi connectivity index (χ2v) is 11.0. The van der Waals surface area contributed by atoms with Crippen LogP contribution in [-0.2, 0) is 27.0 Å². The van der Waals surface area contributed by atoms with Crippen molar-refractivity contribution in [3.05, 3.63) is 34.9 Å². The molecule has 1 aromatic rings. The van der Waals surface area contributed by atoms with Gasteiger partial charge in [-0.2, -0.15) is 26.3 Å². The number of benzene rings is 1. The molecule has 3 aliphatic rings. The lowest BCUT2D eigenvalue weighted by atomic mass is 9.73. The van der Waals surface area contributed by atoms with E-state index in [2.05, 4.69) is 0 Å². The smallest absolute Gasteiger partial charge is 0.381 e. The van der Waals surface area contributed by atoms with Gasteiger partial charge in [0, 0.05) is 44.4 Å². The van der Waals surface area contributed by atoms with Crippen LogP contribution in [0.1, 0.15) is 68.7 Å². The van der Waals surface area contributed by atoms with Gasteiger partial charge in [0.25, 0.3) is 0 Å². The molecule has 6 nitrogen and oxygen atoms in total. The van der Waals surface area contributed by atoms with Gasteiger partial charge in [0.1, 0.15) is 0 Å². The van der Waals surface area contributed by atoms with Crippen LogP contribution in [0.15, 0.2) is 18.2 Å². The quantitative estimate of drug-likeness (QED) is 0.547. The lowest BCUT2D eigenvalue weighted by Gasteiger charge is -2.43. The van der Waals surface area contributed by atoms with Crippen molar-refractivity contribution < 1.29 is 40.7 Å². The lowest BCUT2D eigenvalue weighted by molar-refractivity contribution is -0.192. The molecule has 212 valence electrons. The first-order valence-electron chi connectivity index (χ1n) is 12.9. The zero-order chi connectivity index (χ0) is 28.0. The Morgan fingerprint density at radius 3 is 2.32 bits per heavy atom. The zero-order valence-electron chi connectivity index (χ0n) is 21.4. The normalized spacial score (nSPS) is 26.9. The number of alkyl halides is 6. The third kappa shape index (κ3) is 5.38. The second kappa shape index (κ2) is 10.3. The fourth-order valence-electron chi connectivity index (χ4n) is 6.35. The Labute approximate surface area is 217 Å². The van der Waals surface area contributed by atoms with Crippen LogP contribution >= 0.6 is 0 Å². The third-order valence-electron chi connectivity index (χ3n) is 8.44. The number of halogens is 6. The average Bonchev–Trinajstić information content (AvgIpc) is 3.29.